The number of aromatic nitrogens is 5. The second kappa shape index (κ2) is 4.98. The summed E-state index contributed by atoms with van der Waals surface area (Å²) < 4.78 is 5.41. The number of hydrogen-bond donors (Lipinski definition) is 0. The van der Waals surface area contributed by atoms with Gasteiger partial charge in [0.15, 0.2) is 11.5 Å². The largest absolute Gasteiger partial charge is 0.332 e. The maximum Gasteiger partial charge on any atom is 0.278 e. The summed E-state index contributed by atoms with van der Waals surface area (Å²) in [5.74, 6) is 1.14. The maximum atomic E-state index is 5.41. The summed E-state index contributed by atoms with van der Waals surface area (Å²) in [4.78, 5) is 8.67. The van der Waals surface area contributed by atoms with E-state index in [1.54, 1.807) is 0 Å². The third kappa shape index (κ3) is 1.99. The van der Waals surface area contributed by atoms with Crippen molar-refractivity contribution in [2.45, 2.75) is 31.6 Å². The Morgan fingerprint density at radius 1 is 1.05 bits per heavy atom. The molecule has 3 heterocycles. The van der Waals surface area contributed by atoms with Crippen molar-refractivity contribution in [3.8, 4) is 11.6 Å². The summed E-state index contributed by atoms with van der Waals surface area (Å²) >= 11 is 0. The first-order valence-electron chi connectivity index (χ1n) is 7.33. The van der Waals surface area contributed by atoms with Crippen molar-refractivity contribution < 1.29 is 4.52 Å². The van der Waals surface area contributed by atoms with Gasteiger partial charge >= 0.3 is 0 Å². The zero-order valence-corrected chi connectivity index (χ0v) is 12.2. The van der Waals surface area contributed by atoms with Gasteiger partial charge in [-0.2, -0.15) is 10.1 Å². The Hall–Kier alpha value is -2.63. The molecule has 0 radical (unpaired) electrons. The molecular formula is C16H15N5O. The lowest BCUT2D eigenvalue weighted by Crippen LogP contribution is -2.36. The smallest absolute Gasteiger partial charge is 0.278 e. The van der Waals surface area contributed by atoms with Gasteiger partial charge in [-0.15, -0.1) is 5.10 Å². The van der Waals surface area contributed by atoms with Crippen molar-refractivity contribution in [3.05, 3.63) is 53.7 Å². The van der Waals surface area contributed by atoms with Crippen molar-refractivity contribution in [1.82, 2.24) is 25.3 Å². The molecule has 1 saturated carbocycles. The third-order valence-corrected chi connectivity index (χ3v) is 4.31. The van der Waals surface area contributed by atoms with Crippen molar-refractivity contribution in [3.63, 3.8) is 0 Å². The van der Waals surface area contributed by atoms with Gasteiger partial charge in [-0.05, 0) is 49.6 Å². The number of nitrogens with zero attached hydrogens (tertiary/aromatic N) is 5. The van der Waals surface area contributed by atoms with Gasteiger partial charge < -0.3 is 4.52 Å². The Kier molecular flexibility index (Phi) is 2.96. The van der Waals surface area contributed by atoms with E-state index in [2.05, 4.69) is 25.3 Å². The predicted molar refractivity (Wildman–Crippen MR) is 78.9 cm³/mol. The average molecular weight is 293 g/mol. The van der Waals surface area contributed by atoms with Gasteiger partial charge in [0.1, 0.15) is 0 Å². The molecule has 0 aromatic carbocycles. The molecule has 0 N–H and O–H groups in total. The first-order chi connectivity index (χ1) is 10.8. The second-order valence-electron chi connectivity index (χ2n) is 5.65. The molecule has 0 saturated heterocycles. The van der Waals surface area contributed by atoms with Gasteiger partial charge in [0.25, 0.3) is 5.89 Å². The normalized spacial score (nSPS) is 16.2. The quantitative estimate of drug-likeness (QED) is 0.739. The molecule has 0 atom stereocenters. The number of pyridine rings is 1. The molecular weight excluding hydrogens is 278 g/mol. The molecule has 1 aliphatic carbocycles. The van der Waals surface area contributed by atoms with Gasteiger partial charge in [0.05, 0.1) is 11.1 Å². The zero-order valence-electron chi connectivity index (χ0n) is 12.2. The topological polar surface area (TPSA) is 77.6 Å². The van der Waals surface area contributed by atoms with Crippen LogP contribution in [0.4, 0.5) is 0 Å². The van der Waals surface area contributed by atoms with Crippen LogP contribution in [0.5, 0.6) is 0 Å². The highest BCUT2D eigenvalue weighted by Gasteiger charge is 2.44. The third-order valence-electron chi connectivity index (χ3n) is 4.31. The second-order valence-corrected chi connectivity index (χ2v) is 5.65. The van der Waals surface area contributed by atoms with E-state index in [1.165, 1.54) is 5.56 Å². The van der Waals surface area contributed by atoms with Crippen LogP contribution in [0.1, 0.15) is 36.3 Å². The molecule has 3 aromatic heterocycles. The van der Waals surface area contributed by atoms with Gasteiger partial charge in [-0.25, -0.2) is 0 Å². The summed E-state index contributed by atoms with van der Waals surface area (Å²) in [6.45, 7) is 1.89. The predicted octanol–water partition coefficient (Wildman–Crippen LogP) is 2.70. The SMILES string of the molecule is Cc1ccc(-c2nc(C3(c4ccncc4)CCC3)no2)nn1. The number of aryl methyl sites for hydroxylation is 1. The zero-order chi connectivity index (χ0) is 15.0. The van der Waals surface area contributed by atoms with Crippen LogP contribution in [0.25, 0.3) is 11.6 Å². The highest BCUT2D eigenvalue weighted by Crippen LogP contribution is 2.47. The Morgan fingerprint density at radius 3 is 2.50 bits per heavy atom. The molecule has 0 unspecified atom stereocenters. The molecule has 4 rings (SSSR count). The first-order valence-corrected chi connectivity index (χ1v) is 7.33. The molecule has 22 heavy (non-hydrogen) atoms. The lowest BCUT2D eigenvalue weighted by molar-refractivity contribution is 0.272. The van der Waals surface area contributed by atoms with E-state index in [0.717, 1.165) is 30.8 Å². The van der Waals surface area contributed by atoms with E-state index in [-0.39, 0.29) is 5.41 Å². The molecule has 0 bridgehead atoms. The first kappa shape index (κ1) is 13.1. The van der Waals surface area contributed by atoms with E-state index in [4.69, 9.17) is 4.52 Å². The average Bonchev–Trinajstić information content (AvgIpc) is 2.98. The Bertz CT molecular complexity index is 778. The minimum absolute atomic E-state index is 0.150. The van der Waals surface area contributed by atoms with Crippen LogP contribution < -0.4 is 0 Å². The Labute approximate surface area is 127 Å². The van der Waals surface area contributed by atoms with E-state index in [0.29, 0.717) is 11.6 Å². The fourth-order valence-electron chi connectivity index (χ4n) is 2.88. The van der Waals surface area contributed by atoms with Crippen molar-refractivity contribution in [2.24, 2.45) is 0 Å². The van der Waals surface area contributed by atoms with E-state index >= 15 is 0 Å². The molecule has 3 aromatic rings. The van der Waals surface area contributed by atoms with Crippen LogP contribution >= 0.6 is 0 Å². The Morgan fingerprint density at radius 2 is 1.86 bits per heavy atom. The monoisotopic (exact) mass is 293 g/mol. The van der Waals surface area contributed by atoms with Crippen LogP contribution in [-0.2, 0) is 5.41 Å². The lowest BCUT2D eigenvalue weighted by atomic mass is 9.64. The van der Waals surface area contributed by atoms with Gasteiger partial charge in [0.2, 0.25) is 0 Å². The van der Waals surface area contributed by atoms with Crippen LogP contribution in [0.3, 0.4) is 0 Å². The summed E-state index contributed by atoms with van der Waals surface area (Å²) in [5.41, 5.74) is 2.50. The summed E-state index contributed by atoms with van der Waals surface area (Å²) in [5, 5.41) is 12.3. The molecule has 6 heteroatoms. The summed E-state index contributed by atoms with van der Waals surface area (Å²) in [7, 11) is 0. The molecule has 1 aliphatic rings. The number of hydrogen-bond acceptors (Lipinski definition) is 6. The molecule has 1 fully saturated rings. The van der Waals surface area contributed by atoms with Crippen LogP contribution in [0.15, 0.2) is 41.2 Å². The molecule has 6 nitrogen and oxygen atoms in total. The minimum Gasteiger partial charge on any atom is -0.332 e. The fourth-order valence-corrected chi connectivity index (χ4v) is 2.88. The van der Waals surface area contributed by atoms with Crippen LogP contribution in [-0.4, -0.2) is 25.3 Å². The highest BCUT2D eigenvalue weighted by atomic mass is 16.5. The molecule has 0 amide bonds. The minimum atomic E-state index is -0.150. The standard InChI is InChI=1S/C16H15N5O/c1-11-3-4-13(20-19-11)14-18-15(21-22-14)16(7-2-8-16)12-5-9-17-10-6-12/h3-6,9-10H,2,7-8H2,1H3. The highest BCUT2D eigenvalue weighted by molar-refractivity contribution is 5.46. The maximum absolute atomic E-state index is 5.41. The summed E-state index contributed by atoms with van der Waals surface area (Å²) in [6, 6.07) is 7.79. The van der Waals surface area contributed by atoms with E-state index < -0.39 is 0 Å². The lowest BCUT2D eigenvalue weighted by Gasteiger charge is -2.39. The molecule has 0 aliphatic heterocycles. The molecule has 0 spiro atoms. The van der Waals surface area contributed by atoms with Crippen molar-refractivity contribution in [1.29, 1.82) is 0 Å². The van der Waals surface area contributed by atoms with E-state index in [9.17, 15) is 0 Å². The molecule has 110 valence electrons. The number of rotatable bonds is 3. The van der Waals surface area contributed by atoms with Crippen LogP contribution in [0, 0.1) is 6.92 Å². The summed E-state index contributed by atoms with van der Waals surface area (Å²) in [6.07, 6.45) is 6.82. The van der Waals surface area contributed by atoms with Crippen molar-refractivity contribution in [2.75, 3.05) is 0 Å². The van der Waals surface area contributed by atoms with E-state index in [1.807, 2.05) is 43.6 Å². The fraction of sp³-hybridized carbons (Fsp3) is 0.312. The van der Waals surface area contributed by atoms with Crippen molar-refractivity contribution >= 4 is 0 Å². The van der Waals surface area contributed by atoms with Gasteiger partial charge in [0, 0.05) is 12.4 Å². The van der Waals surface area contributed by atoms with Gasteiger partial charge in [-0.1, -0.05) is 11.6 Å². The van der Waals surface area contributed by atoms with Crippen LogP contribution in [0.2, 0.25) is 0 Å². The Balaban J connectivity index is 1.73. The van der Waals surface area contributed by atoms with Gasteiger partial charge in [-0.3, -0.25) is 4.98 Å².